The summed E-state index contributed by atoms with van der Waals surface area (Å²) in [5, 5.41) is 6.66. The first kappa shape index (κ1) is 16.0. The van der Waals surface area contributed by atoms with Crippen molar-refractivity contribution in [3.05, 3.63) is 29.8 Å². The lowest BCUT2D eigenvalue weighted by molar-refractivity contribution is -0.127. The molecule has 1 aromatic rings. The Balaban J connectivity index is 1.77. The fraction of sp³-hybridized carbons (Fsp3) is 0.438. The third-order valence-electron chi connectivity index (χ3n) is 3.57. The van der Waals surface area contributed by atoms with Crippen molar-refractivity contribution >= 4 is 17.5 Å². The SMILES string of the molecule is CC1=NNC(=O)C1CCNC(=O)C(C)Oc1cccc(C)c1. The topological polar surface area (TPSA) is 79.8 Å². The van der Waals surface area contributed by atoms with Gasteiger partial charge in [0.25, 0.3) is 5.91 Å². The molecule has 0 aliphatic carbocycles. The minimum atomic E-state index is -0.589. The van der Waals surface area contributed by atoms with E-state index in [9.17, 15) is 9.59 Å². The molecule has 6 heteroatoms. The number of ether oxygens (including phenoxy) is 1. The molecule has 2 N–H and O–H groups in total. The number of benzene rings is 1. The average molecular weight is 303 g/mol. The maximum Gasteiger partial charge on any atom is 0.260 e. The number of aryl methyl sites for hydroxylation is 1. The largest absolute Gasteiger partial charge is 0.481 e. The number of rotatable bonds is 6. The van der Waals surface area contributed by atoms with Crippen LogP contribution in [0, 0.1) is 12.8 Å². The van der Waals surface area contributed by atoms with Gasteiger partial charge in [0, 0.05) is 12.3 Å². The number of hydrazone groups is 1. The van der Waals surface area contributed by atoms with Gasteiger partial charge >= 0.3 is 0 Å². The lowest BCUT2D eigenvalue weighted by Gasteiger charge is -2.15. The van der Waals surface area contributed by atoms with Crippen LogP contribution in [0.1, 0.15) is 25.8 Å². The van der Waals surface area contributed by atoms with Crippen molar-refractivity contribution in [1.29, 1.82) is 0 Å². The molecule has 1 aliphatic heterocycles. The van der Waals surface area contributed by atoms with Crippen LogP contribution >= 0.6 is 0 Å². The van der Waals surface area contributed by atoms with Crippen LogP contribution in [0.4, 0.5) is 0 Å². The maximum atomic E-state index is 12.0. The molecule has 6 nitrogen and oxygen atoms in total. The van der Waals surface area contributed by atoms with Gasteiger partial charge < -0.3 is 10.1 Å². The van der Waals surface area contributed by atoms with Gasteiger partial charge in [0.05, 0.1) is 5.92 Å². The predicted octanol–water partition coefficient (Wildman–Crippen LogP) is 1.39. The monoisotopic (exact) mass is 303 g/mol. The number of hydrogen-bond acceptors (Lipinski definition) is 4. The molecule has 1 aliphatic rings. The van der Waals surface area contributed by atoms with Crippen LogP contribution in [0.3, 0.4) is 0 Å². The van der Waals surface area contributed by atoms with E-state index in [4.69, 9.17) is 4.74 Å². The summed E-state index contributed by atoms with van der Waals surface area (Å²) in [4.78, 5) is 23.5. The molecule has 1 heterocycles. The van der Waals surface area contributed by atoms with Crippen LogP contribution in [0.2, 0.25) is 0 Å². The summed E-state index contributed by atoms with van der Waals surface area (Å²) in [5.41, 5.74) is 4.26. The van der Waals surface area contributed by atoms with Crippen LogP contribution in [-0.2, 0) is 9.59 Å². The molecule has 2 rings (SSSR count). The van der Waals surface area contributed by atoms with Crippen molar-refractivity contribution in [2.45, 2.75) is 33.3 Å². The van der Waals surface area contributed by atoms with Crippen molar-refractivity contribution in [2.24, 2.45) is 11.0 Å². The van der Waals surface area contributed by atoms with Crippen molar-refractivity contribution in [3.63, 3.8) is 0 Å². The molecule has 118 valence electrons. The normalized spacial score (nSPS) is 18.4. The van der Waals surface area contributed by atoms with Crippen molar-refractivity contribution in [3.8, 4) is 5.75 Å². The number of carbonyl (C=O) groups excluding carboxylic acids is 2. The van der Waals surface area contributed by atoms with Gasteiger partial charge in [-0.1, -0.05) is 12.1 Å². The van der Waals surface area contributed by atoms with Gasteiger partial charge in [-0.2, -0.15) is 5.10 Å². The van der Waals surface area contributed by atoms with Gasteiger partial charge in [0.2, 0.25) is 5.91 Å². The van der Waals surface area contributed by atoms with E-state index in [2.05, 4.69) is 15.8 Å². The molecule has 2 atom stereocenters. The predicted molar refractivity (Wildman–Crippen MR) is 83.6 cm³/mol. The average Bonchev–Trinajstić information content (AvgIpc) is 2.78. The second kappa shape index (κ2) is 7.06. The molecule has 0 fully saturated rings. The quantitative estimate of drug-likeness (QED) is 0.833. The second-order valence-corrected chi connectivity index (χ2v) is 5.44. The number of hydrogen-bond donors (Lipinski definition) is 2. The van der Waals surface area contributed by atoms with Gasteiger partial charge in [-0.25, -0.2) is 5.43 Å². The van der Waals surface area contributed by atoms with E-state index < -0.39 is 6.10 Å². The van der Waals surface area contributed by atoms with Crippen molar-refractivity contribution in [1.82, 2.24) is 10.7 Å². The minimum absolute atomic E-state index is 0.115. The van der Waals surface area contributed by atoms with E-state index in [1.54, 1.807) is 13.8 Å². The smallest absolute Gasteiger partial charge is 0.260 e. The lowest BCUT2D eigenvalue weighted by Crippen LogP contribution is -2.38. The molecule has 22 heavy (non-hydrogen) atoms. The third kappa shape index (κ3) is 4.07. The first-order valence-corrected chi connectivity index (χ1v) is 7.32. The van der Waals surface area contributed by atoms with Crippen LogP contribution < -0.4 is 15.5 Å². The molecular weight excluding hydrogens is 282 g/mol. The first-order chi connectivity index (χ1) is 10.5. The van der Waals surface area contributed by atoms with E-state index in [0.717, 1.165) is 11.3 Å². The van der Waals surface area contributed by atoms with Crippen molar-refractivity contribution < 1.29 is 14.3 Å². The van der Waals surface area contributed by atoms with Crippen LogP contribution in [0.5, 0.6) is 5.75 Å². The number of nitrogens with one attached hydrogen (secondary N) is 2. The molecule has 2 amide bonds. The summed E-state index contributed by atoms with van der Waals surface area (Å²) in [6.45, 7) is 5.87. The molecule has 0 spiro atoms. The van der Waals surface area contributed by atoms with E-state index >= 15 is 0 Å². The lowest BCUT2D eigenvalue weighted by atomic mass is 10.0. The Kier molecular flexibility index (Phi) is 5.14. The zero-order chi connectivity index (χ0) is 16.1. The van der Waals surface area contributed by atoms with Crippen molar-refractivity contribution in [2.75, 3.05) is 6.54 Å². The highest BCUT2D eigenvalue weighted by Crippen LogP contribution is 2.14. The van der Waals surface area contributed by atoms with Crippen LogP contribution in [0.25, 0.3) is 0 Å². The summed E-state index contributed by atoms with van der Waals surface area (Å²) >= 11 is 0. The van der Waals surface area contributed by atoms with E-state index in [1.807, 2.05) is 31.2 Å². The zero-order valence-corrected chi connectivity index (χ0v) is 13.1. The van der Waals surface area contributed by atoms with E-state index in [1.165, 1.54) is 0 Å². The Morgan fingerprint density at radius 2 is 2.23 bits per heavy atom. The summed E-state index contributed by atoms with van der Waals surface area (Å²) < 4.78 is 5.61. The van der Waals surface area contributed by atoms with Gasteiger partial charge in [-0.05, 0) is 44.9 Å². The Morgan fingerprint density at radius 3 is 2.86 bits per heavy atom. The number of amides is 2. The molecule has 0 saturated carbocycles. The van der Waals surface area contributed by atoms with E-state index in [0.29, 0.717) is 18.7 Å². The zero-order valence-electron chi connectivity index (χ0n) is 13.1. The fourth-order valence-corrected chi connectivity index (χ4v) is 2.26. The third-order valence-corrected chi connectivity index (χ3v) is 3.57. The summed E-state index contributed by atoms with van der Waals surface area (Å²) in [7, 11) is 0. The Bertz CT molecular complexity index is 598. The molecule has 2 unspecified atom stereocenters. The minimum Gasteiger partial charge on any atom is -0.481 e. The molecule has 0 saturated heterocycles. The van der Waals surface area contributed by atoms with Gasteiger partial charge in [0.15, 0.2) is 6.10 Å². The first-order valence-electron chi connectivity index (χ1n) is 7.32. The molecule has 0 aromatic heterocycles. The Hall–Kier alpha value is -2.37. The summed E-state index contributed by atoms with van der Waals surface area (Å²) in [6, 6.07) is 7.55. The highest BCUT2D eigenvalue weighted by Gasteiger charge is 2.26. The standard InChI is InChI=1S/C16H21N3O3/c1-10-5-4-6-13(9-10)22-12(3)15(20)17-8-7-14-11(2)18-19-16(14)21/h4-6,9,12,14H,7-8H2,1-3H3,(H,17,20)(H,19,21). The van der Waals surface area contributed by atoms with Gasteiger partial charge in [0.1, 0.15) is 5.75 Å². The van der Waals surface area contributed by atoms with Gasteiger partial charge in [-0.15, -0.1) is 0 Å². The van der Waals surface area contributed by atoms with E-state index in [-0.39, 0.29) is 17.7 Å². The molecule has 0 radical (unpaired) electrons. The summed E-state index contributed by atoms with van der Waals surface area (Å²) in [5.74, 6) is 0.0967. The molecular formula is C16H21N3O3. The maximum absolute atomic E-state index is 12.0. The highest BCUT2D eigenvalue weighted by molar-refractivity contribution is 6.06. The van der Waals surface area contributed by atoms with Gasteiger partial charge in [-0.3, -0.25) is 9.59 Å². The number of carbonyl (C=O) groups is 2. The summed E-state index contributed by atoms with van der Waals surface area (Å²) in [6.07, 6.45) is -0.0571. The van der Waals surface area contributed by atoms with Crippen LogP contribution in [0.15, 0.2) is 29.4 Å². The molecule has 0 bridgehead atoms. The highest BCUT2D eigenvalue weighted by atomic mass is 16.5. The fourth-order valence-electron chi connectivity index (χ4n) is 2.26. The van der Waals surface area contributed by atoms with Crippen LogP contribution in [-0.4, -0.2) is 30.2 Å². The Morgan fingerprint density at radius 1 is 1.45 bits per heavy atom. The second-order valence-electron chi connectivity index (χ2n) is 5.44. The Labute approximate surface area is 129 Å². The number of nitrogens with zero attached hydrogens (tertiary/aromatic N) is 1. The molecule has 1 aromatic carbocycles.